The van der Waals surface area contributed by atoms with Crippen LogP contribution >= 0.6 is 12.6 Å². The molecule has 1 rings (SSSR count). The molecule has 9 heavy (non-hydrogen) atoms. The molecule has 1 fully saturated rings. The van der Waals surface area contributed by atoms with E-state index in [-0.39, 0.29) is 0 Å². The summed E-state index contributed by atoms with van der Waals surface area (Å²) in [6.45, 7) is 4.65. The van der Waals surface area contributed by atoms with E-state index in [2.05, 4.69) is 23.3 Å². The second-order valence-electron chi connectivity index (χ2n) is 1.85. The molecule has 0 aromatic rings. The maximum atomic E-state index is 3.53. The molecule has 1 aliphatic heterocycles. The molecule has 0 amide bonds. The number of thiol groups is 1. The summed E-state index contributed by atoms with van der Waals surface area (Å²) >= 11 is 3.53. The van der Waals surface area contributed by atoms with E-state index in [0.29, 0.717) is 0 Å². The third-order valence-corrected chi connectivity index (χ3v) is 1.19. The second-order valence-corrected chi connectivity index (χ2v) is 1.85. The Morgan fingerprint density at radius 1 is 0.889 bits per heavy atom. The van der Waals surface area contributed by atoms with E-state index in [9.17, 15) is 0 Å². The standard InChI is InChI=1S/C5H12N2.CH4S/c1-2-6-4-5-7-3-1;1-2/h6-7H,1-5H2;2H,1H3. The van der Waals surface area contributed by atoms with Gasteiger partial charge in [-0.15, -0.1) is 0 Å². The van der Waals surface area contributed by atoms with Crippen molar-refractivity contribution in [1.29, 1.82) is 0 Å². The number of nitrogens with one attached hydrogen (secondary N) is 2. The van der Waals surface area contributed by atoms with Gasteiger partial charge in [0.05, 0.1) is 0 Å². The monoisotopic (exact) mass is 148 g/mol. The Balaban J connectivity index is 0.000000291. The van der Waals surface area contributed by atoms with E-state index < -0.39 is 0 Å². The molecule has 2 nitrogen and oxygen atoms in total. The molecule has 0 radical (unpaired) electrons. The molecule has 2 N–H and O–H groups in total. The highest BCUT2D eigenvalue weighted by Crippen LogP contribution is 1.75. The van der Waals surface area contributed by atoms with Crippen molar-refractivity contribution in [3.05, 3.63) is 0 Å². The molecule has 0 atom stereocenters. The SMILES string of the molecule is C1CNCCNC1.CS. The summed E-state index contributed by atoms with van der Waals surface area (Å²) in [5.74, 6) is 0. The lowest BCUT2D eigenvalue weighted by Crippen LogP contribution is -2.21. The third kappa shape index (κ3) is 6.15. The minimum Gasteiger partial charge on any atom is -0.315 e. The van der Waals surface area contributed by atoms with E-state index in [1.807, 2.05) is 0 Å². The molecule has 1 aliphatic rings. The Morgan fingerprint density at radius 3 is 1.78 bits per heavy atom. The first-order valence-electron chi connectivity index (χ1n) is 3.36. The van der Waals surface area contributed by atoms with Crippen molar-refractivity contribution in [3.63, 3.8) is 0 Å². The largest absolute Gasteiger partial charge is 0.315 e. The number of hydrogen-bond donors (Lipinski definition) is 3. The zero-order valence-electron chi connectivity index (χ0n) is 5.98. The predicted octanol–water partition coefficient (Wildman–Crippen LogP) is 0.115. The van der Waals surface area contributed by atoms with Gasteiger partial charge in [-0.1, -0.05) is 0 Å². The maximum Gasteiger partial charge on any atom is 0.00767 e. The molecular weight excluding hydrogens is 132 g/mol. The highest BCUT2D eigenvalue weighted by molar-refractivity contribution is 7.79. The smallest absolute Gasteiger partial charge is 0.00767 e. The highest BCUT2D eigenvalue weighted by atomic mass is 32.1. The van der Waals surface area contributed by atoms with E-state index >= 15 is 0 Å². The molecule has 0 unspecified atom stereocenters. The fraction of sp³-hybridized carbons (Fsp3) is 1.00. The van der Waals surface area contributed by atoms with Crippen LogP contribution in [0, 0.1) is 0 Å². The summed E-state index contributed by atoms with van der Waals surface area (Å²) in [6.07, 6.45) is 2.97. The van der Waals surface area contributed by atoms with Crippen molar-refractivity contribution in [2.75, 3.05) is 32.4 Å². The Bertz CT molecular complexity index is 30.7. The van der Waals surface area contributed by atoms with E-state index in [0.717, 1.165) is 13.1 Å². The van der Waals surface area contributed by atoms with Crippen LogP contribution in [-0.4, -0.2) is 32.4 Å². The van der Waals surface area contributed by atoms with Crippen LogP contribution in [0.25, 0.3) is 0 Å². The van der Waals surface area contributed by atoms with Crippen molar-refractivity contribution < 1.29 is 0 Å². The first-order valence-corrected chi connectivity index (χ1v) is 4.26. The quantitative estimate of drug-likeness (QED) is 0.425. The van der Waals surface area contributed by atoms with Gasteiger partial charge in [0.25, 0.3) is 0 Å². The molecule has 0 aromatic carbocycles. The minimum atomic E-state index is 1.14. The second kappa shape index (κ2) is 8.27. The summed E-state index contributed by atoms with van der Waals surface area (Å²) in [6, 6.07) is 0. The summed E-state index contributed by atoms with van der Waals surface area (Å²) in [7, 11) is 0. The zero-order chi connectivity index (χ0) is 6.95. The fourth-order valence-electron chi connectivity index (χ4n) is 0.765. The van der Waals surface area contributed by atoms with E-state index in [1.54, 1.807) is 6.26 Å². The number of hydrogen-bond acceptors (Lipinski definition) is 3. The van der Waals surface area contributed by atoms with Crippen LogP contribution < -0.4 is 10.6 Å². The van der Waals surface area contributed by atoms with Gasteiger partial charge in [-0.25, -0.2) is 0 Å². The Labute approximate surface area is 62.8 Å². The van der Waals surface area contributed by atoms with Crippen molar-refractivity contribution in [2.45, 2.75) is 6.42 Å². The van der Waals surface area contributed by atoms with Crippen LogP contribution in [0.3, 0.4) is 0 Å². The minimum absolute atomic E-state index is 1.14. The zero-order valence-corrected chi connectivity index (χ0v) is 6.88. The van der Waals surface area contributed by atoms with Gasteiger partial charge in [-0.2, -0.15) is 12.6 Å². The fourth-order valence-corrected chi connectivity index (χ4v) is 0.765. The highest BCUT2D eigenvalue weighted by Gasteiger charge is 1.92. The van der Waals surface area contributed by atoms with Gasteiger partial charge in [-0.05, 0) is 25.8 Å². The predicted molar refractivity (Wildman–Crippen MR) is 45.3 cm³/mol. The van der Waals surface area contributed by atoms with Gasteiger partial charge in [0.1, 0.15) is 0 Å². The molecule has 0 aliphatic carbocycles. The van der Waals surface area contributed by atoms with Crippen LogP contribution in [0.4, 0.5) is 0 Å². The summed E-state index contributed by atoms with van der Waals surface area (Å²) in [5, 5.41) is 6.57. The molecule has 1 saturated heterocycles. The van der Waals surface area contributed by atoms with Crippen molar-refractivity contribution in [1.82, 2.24) is 10.6 Å². The van der Waals surface area contributed by atoms with Gasteiger partial charge in [0, 0.05) is 13.1 Å². The van der Waals surface area contributed by atoms with Gasteiger partial charge in [0.2, 0.25) is 0 Å². The topological polar surface area (TPSA) is 24.1 Å². The molecule has 3 heteroatoms. The number of rotatable bonds is 0. The van der Waals surface area contributed by atoms with Crippen LogP contribution in [0.5, 0.6) is 0 Å². The first-order chi connectivity index (χ1) is 4.50. The van der Waals surface area contributed by atoms with Crippen LogP contribution in [0.15, 0.2) is 0 Å². The lowest BCUT2D eigenvalue weighted by molar-refractivity contribution is 0.718. The van der Waals surface area contributed by atoms with Crippen LogP contribution in [0.1, 0.15) is 6.42 Å². The molecule has 0 aromatic heterocycles. The summed E-state index contributed by atoms with van der Waals surface area (Å²) in [5.41, 5.74) is 0. The molecule has 0 spiro atoms. The molecular formula is C6H16N2S. The van der Waals surface area contributed by atoms with E-state index in [4.69, 9.17) is 0 Å². The van der Waals surface area contributed by atoms with Crippen LogP contribution in [0.2, 0.25) is 0 Å². The Morgan fingerprint density at radius 2 is 1.33 bits per heavy atom. The van der Waals surface area contributed by atoms with Crippen molar-refractivity contribution in [2.24, 2.45) is 0 Å². The summed E-state index contributed by atoms with van der Waals surface area (Å²) < 4.78 is 0. The molecule has 56 valence electrons. The summed E-state index contributed by atoms with van der Waals surface area (Å²) in [4.78, 5) is 0. The van der Waals surface area contributed by atoms with Gasteiger partial charge in [0.15, 0.2) is 0 Å². The normalized spacial score (nSPS) is 19.3. The van der Waals surface area contributed by atoms with Gasteiger partial charge >= 0.3 is 0 Å². The van der Waals surface area contributed by atoms with Crippen molar-refractivity contribution >= 4 is 12.6 Å². The van der Waals surface area contributed by atoms with Crippen molar-refractivity contribution in [3.8, 4) is 0 Å². The van der Waals surface area contributed by atoms with E-state index in [1.165, 1.54) is 19.5 Å². The average molecular weight is 148 g/mol. The Kier molecular flexibility index (Phi) is 8.52. The van der Waals surface area contributed by atoms with Gasteiger partial charge in [-0.3, -0.25) is 0 Å². The lowest BCUT2D eigenvalue weighted by Gasteiger charge is -1.92. The third-order valence-electron chi connectivity index (χ3n) is 1.19. The lowest BCUT2D eigenvalue weighted by atomic mass is 10.4. The molecule has 0 saturated carbocycles. The van der Waals surface area contributed by atoms with Crippen LogP contribution in [-0.2, 0) is 0 Å². The average Bonchev–Trinajstić information content (AvgIpc) is 2.21. The Hall–Kier alpha value is 0.270. The maximum absolute atomic E-state index is 3.53. The van der Waals surface area contributed by atoms with Gasteiger partial charge < -0.3 is 10.6 Å². The molecule has 1 heterocycles. The first kappa shape index (κ1) is 9.27. The molecule has 0 bridgehead atoms.